The summed E-state index contributed by atoms with van der Waals surface area (Å²) >= 11 is 0. The molecule has 0 heterocycles. The molecule has 0 aliphatic heterocycles. The van der Waals surface area contributed by atoms with Crippen molar-refractivity contribution in [2.75, 3.05) is 26.2 Å². The van der Waals surface area contributed by atoms with Gasteiger partial charge < -0.3 is 10.2 Å². The second-order valence-corrected chi connectivity index (χ2v) is 6.19. The van der Waals surface area contributed by atoms with Crippen LogP contribution in [-0.2, 0) is 0 Å². The van der Waals surface area contributed by atoms with E-state index in [4.69, 9.17) is 0 Å². The first-order chi connectivity index (χ1) is 7.95. The molecule has 104 valence electrons. The van der Waals surface area contributed by atoms with E-state index in [9.17, 15) is 0 Å². The summed E-state index contributed by atoms with van der Waals surface area (Å²) in [5, 5.41) is 3.62. The molecule has 0 rings (SSSR count). The highest BCUT2D eigenvalue weighted by atomic mass is 15.1. The first-order valence-electron chi connectivity index (χ1n) is 7.41. The average Bonchev–Trinajstić information content (AvgIpc) is 2.15. The van der Waals surface area contributed by atoms with Gasteiger partial charge in [-0.05, 0) is 25.2 Å². The van der Waals surface area contributed by atoms with Crippen molar-refractivity contribution in [3.63, 3.8) is 0 Å². The Balaban J connectivity index is 3.82. The first-order valence-corrected chi connectivity index (χ1v) is 7.41. The van der Waals surface area contributed by atoms with Crippen molar-refractivity contribution in [2.45, 2.75) is 60.4 Å². The Labute approximate surface area is 109 Å². The molecule has 1 N–H and O–H groups in total. The summed E-state index contributed by atoms with van der Waals surface area (Å²) in [5.41, 5.74) is 0. The van der Waals surface area contributed by atoms with E-state index < -0.39 is 0 Å². The van der Waals surface area contributed by atoms with Crippen LogP contribution in [0.2, 0.25) is 0 Å². The number of nitrogens with zero attached hydrogens (tertiary/aromatic N) is 1. The number of nitrogens with one attached hydrogen (secondary N) is 1. The van der Waals surface area contributed by atoms with Crippen LogP contribution in [0.15, 0.2) is 0 Å². The first kappa shape index (κ1) is 16.9. The second kappa shape index (κ2) is 9.90. The molecule has 0 saturated heterocycles. The van der Waals surface area contributed by atoms with Gasteiger partial charge in [-0.1, -0.05) is 41.0 Å². The van der Waals surface area contributed by atoms with Gasteiger partial charge in [-0.25, -0.2) is 0 Å². The Morgan fingerprint density at radius 2 is 1.47 bits per heavy atom. The molecule has 0 fully saturated rings. The van der Waals surface area contributed by atoms with Crippen LogP contribution in [0.1, 0.15) is 54.4 Å². The smallest absolute Gasteiger partial charge is 0.0107 e. The quantitative estimate of drug-likeness (QED) is 0.632. The third kappa shape index (κ3) is 10.8. The molecule has 0 aromatic rings. The Bertz CT molecular complexity index is 156. The van der Waals surface area contributed by atoms with Gasteiger partial charge in [-0.15, -0.1) is 0 Å². The third-order valence-corrected chi connectivity index (χ3v) is 2.89. The zero-order chi connectivity index (χ0) is 13.3. The Morgan fingerprint density at radius 1 is 0.941 bits per heavy atom. The lowest BCUT2D eigenvalue weighted by Gasteiger charge is -2.26. The Kier molecular flexibility index (Phi) is 9.85. The van der Waals surface area contributed by atoms with Crippen LogP contribution in [0.4, 0.5) is 0 Å². The van der Waals surface area contributed by atoms with Crippen LogP contribution in [0.5, 0.6) is 0 Å². The maximum absolute atomic E-state index is 3.62. The fourth-order valence-corrected chi connectivity index (χ4v) is 2.29. The van der Waals surface area contributed by atoms with Gasteiger partial charge in [0.25, 0.3) is 0 Å². The molecule has 0 bridgehead atoms. The van der Waals surface area contributed by atoms with E-state index in [1.807, 2.05) is 0 Å². The third-order valence-electron chi connectivity index (χ3n) is 2.89. The zero-order valence-electron chi connectivity index (χ0n) is 12.9. The van der Waals surface area contributed by atoms with Crippen LogP contribution < -0.4 is 5.32 Å². The van der Waals surface area contributed by atoms with Gasteiger partial charge in [0, 0.05) is 32.2 Å². The normalized spacial score (nSPS) is 13.9. The molecule has 0 saturated carbocycles. The molecule has 2 nitrogen and oxygen atoms in total. The van der Waals surface area contributed by atoms with Gasteiger partial charge in [0.2, 0.25) is 0 Å². The van der Waals surface area contributed by atoms with Crippen molar-refractivity contribution in [1.29, 1.82) is 0 Å². The topological polar surface area (TPSA) is 15.3 Å². The van der Waals surface area contributed by atoms with Crippen LogP contribution in [0, 0.1) is 11.8 Å². The maximum atomic E-state index is 3.62. The molecular weight excluding hydrogens is 208 g/mol. The molecule has 0 amide bonds. The van der Waals surface area contributed by atoms with Crippen molar-refractivity contribution in [2.24, 2.45) is 11.8 Å². The molecule has 0 spiro atoms. The largest absolute Gasteiger partial charge is 0.313 e. The fourth-order valence-electron chi connectivity index (χ4n) is 2.29. The molecule has 1 unspecified atom stereocenters. The number of hydrogen-bond donors (Lipinski definition) is 1. The molecule has 2 heteroatoms. The Hall–Kier alpha value is -0.0800. The van der Waals surface area contributed by atoms with Crippen molar-refractivity contribution >= 4 is 0 Å². The van der Waals surface area contributed by atoms with Gasteiger partial charge in [0.1, 0.15) is 0 Å². The molecule has 0 aromatic carbocycles. The van der Waals surface area contributed by atoms with Gasteiger partial charge in [0.15, 0.2) is 0 Å². The predicted molar refractivity (Wildman–Crippen MR) is 78.5 cm³/mol. The summed E-state index contributed by atoms with van der Waals surface area (Å²) in [6.45, 7) is 18.5. The molecule has 0 radical (unpaired) electrons. The van der Waals surface area contributed by atoms with Crippen molar-refractivity contribution in [3.8, 4) is 0 Å². The standard InChI is InChI=1S/C15H34N2/c1-7-8-15(6)16-9-10-17(11-13(2)3)12-14(4)5/h13-16H,7-12H2,1-6H3. The lowest BCUT2D eigenvalue weighted by molar-refractivity contribution is 0.217. The SMILES string of the molecule is CCCC(C)NCCN(CC(C)C)CC(C)C. The van der Waals surface area contributed by atoms with E-state index in [1.165, 1.54) is 32.5 Å². The molecule has 0 aliphatic carbocycles. The van der Waals surface area contributed by atoms with Crippen molar-refractivity contribution in [1.82, 2.24) is 10.2 Å². The number of rotatable bonds is 10. The van der Waals surface area contributed by atoms with Gasteiger partial charge in [-0.2, -0.15) is 0 Å². The van der Waals surface area contributed by atoms with E-state index in [1.54, 1.807) is 0 Å². The average molecular weight is 242 g/mol. The van der Waals surface area contributed by atoms with Crippen LogP contribution in [-0.4, -0.2) is 37.1 Å². The molecule has 0 aliphatic rings. The second-order valence-electron chi connectivity index (χ2n) is 6.19. The fraction of sp³-hybridized carbons (Fsp3) is 1.00. The van der Waals surface area contributed by atoms with Crippen LogP contribution in [0.3, 0.4) is 0 Å². The van der Waals surface area contributed by atoms with E-state index in [0.29, 0.717) is 6.04 Å². The van der Waals surface area contributed by atoms with E-state index in [0.717, 1.165) is 18.4 Å². The molecular formula is C15H34N2. The summed E-state index contributed by atoms with van der Waals surface area (Å²) in [5.74, 6) is 1.53. The summed E-state index contributed by atoms with van der Waals surface area (Å²) in [4.78, 5) is 2.60. The monoisotopic (exact) mass is 242 g/mol. The van der Waals surface area contributed by atoms with E-state index >= 15 is 0 Å². The maximum Gasteiger partial charge on any atom is 0.0107 e. The van der Waals surface area contributed by atoms with Gasteiger partial charge >= 0.3 is 0 Å². The highest BCUT2D eigenvalue weighted by molar-refractivity contribution is 4.66. The van der Waals surface area contributed by atoms with Gasteiger partial charge in [0.05, 0.1) is 0 Å². The van der Waals surface area contributed by atoms with Gasteiger partial charge in [-0.3, -0.25) is 0 Å². The minimum Gasteiger partial charge on any atom is -0.313 e. The minimum absolute atomic E-state index is 0.667. The van der Waals surface area contributed by atoms with Crippen molar-refractivity contribution < 1.29 is 0 Å². The summed E-state index contributed by atoms with van der Waals surface area (Å²) < 4.78 is 0. The van der Waals surface area contributed by atoms with E-state index in [-0.39, 0.29) is 0 Å². The summed E-state index contributed by atoms with van der Waals surface area (Å²) in [6, 6.07) is 0.667. The predicted octanol–water partition coefficient (Wildman–Crippen LogP) is 3.38. The highest BCUT2D eigenvalue weighted by Crippen LogP contribution is 2.03. The lowest BCUT2D eigenvalue weighted by atomic mass is 10.1. The van der Waals surface area contributed by atoms with Crippen LogP contribution in [0.25, 0.3) is 0 Å². The number of hydrogen-bond acceptors (Lipinski definition) is 2. The lowest BCUT2D eigenvalue weighted by Crippen LogP contribution is -2.39. The molecule has 1 atom stereocenters. The Morgan fingerprint density at radius 3 is 1.88 bits per heavy atom. The molecule has 0 aromatic heterocycles. The minimum atomic E-state index is 0.667. The van der Waals surface area contributed by atoms with Crippen LogP contribution >= 0.6 is 0 Å². The summed E-state index contributed by atoms with van der Waals surface area (Å²) in [6.07, 6.45) is 2.56. The zero-order valence-corrected chi connectivity index (χ0v) is 12.9. The van der Waals surface area contributed by atoms with Crippen molar-refractivity contribution in [3.05, 3.63) is 0 Å². The highest BCUT2D eigenvalue weighted by Gasteiger charge is 2.09. The molecule has 17 heavy (non-hydrogen) atoms. The van der Waals surface area contributed by atoms with E-state index in [2.05, 4.69) is 51.8 Å². The summed E-state index contributed by atoms with van der Waals surface area (Å²) in [7, 11) is 0.